The molecule has 0 aromatic carbocycles. The first-order chi connectivity index (χ1) is 16.0. The van der Waals surface area contributed by atoms with E-state index in [4.69, 9.17) is 13.9 Å². The molecule has 0 radical (unpaired) electrons. The van der Waals surface area contributed by atoms with Crippen LogP contribution in [0.4, 0.5) is 0 Å². The van der Waals surface area contributed by atoms with Crippen LogP contribution in [0, 0.1) is 33.5 Å². The smallest absolute Gasteiger partial charge is 0.162 e. The van der Waals surface area contributed by atoms with Crippen molar-refractivity contribution in [2.75, 3.05) is 6.61 Å². The first kappa shape index (κ1) is 21.9. The fourth-order valence-corrected chi connectivity index (χ4v) is 10.4. The first-order valence-electron chi connectivity index (χ1n) is 12.6. The maximum atomic E-state index is 14.3. The van der Waals surface area contributed by atoms with E-state index in [-0.39, 0.29) is 43.7 Å². The maximum absolute atomic E-state index is 14.3. The number of Topliss-reactive ketones (excluding diaryl/α,β-unsaturated/α-hetero) is 1. The molecule has 1 spiro atoms. The predicted octanol–water partition coefficient (Wildman–Crippen LogP) is 1.35. The number of furan rings is 1. The van der Waals surface area contributed by atoms with Crippen LogP contribution in [0.5, 0.6) is 0 Å². The highest BCUT2D eigenvalue weighted by atomic mass is 16.6. The lowest BCUT2D eigenvalue weighted by atomic mass is 9.33. The maximum Gasteiger partial charge on any atom is 0.162 e. The summed E-state index contributed by atoms with van der Waals surface area (Å²) in [5.41, 5.74) is -3.21. The number of aliphatic hydroxyl groups is 4. The summed E-state index contributed by atoms with van der Waals surface area (Å²) in [4.78, 5) is 14.3. The molecule has 2 aliphatic heterocycles. The Bertz CT molecular complexity index is 1060. The lowest BCUT2D eigenvalue weighted by Crippen LogP contribution is -2.80. The van der Waals surface area contributed by atoms with E-state index in [1.54, 1.807) is 19.5 Å². The third-order valence-electron chi connectivity index (χ3n) is 11.9. The van der Waals surface area contributed by atoms with Gasteiger partial charge in [0.25, 0.3) is 0 Å². The SMILES string of the molecule is C[C@@]12[C@H](O)C[C@H](O)[C@]3(CO[C@H]1O)C1C(=O)C[C@@]4(C)[C@H](c5ccoc5)C[C@H]5O[C@]54[C@]1(C)[C@H](O)C[C@H]32. The zero-order valence-corrected chi connectivity index (χ0v) is 19.8. The van der Waals surface area contributed by atoms with Crippen molar-refractivity contribution in [2.24, 2.45) is 33.5 Å². The third-order valence-corrected chi connectivity index (χ3v) is 11.9. The molecule has 2 bridgehead atoms. The summed E-state index contributed by atoms with van der Waals surface area (Å²) in [6.45, 7) is 5.86. The molecule has 1 aromatic rings. The monoisotopic (exact) mass is 474 g/mol. The van der Waals surface area contributed by atoms with Gasteiger partial charge in [0.1, 0.15) is 11.4 Å². The Kier molecular flexibility index (Phi) is 3.97. The van der Waals surface area contributed by atoms with Crippen molar-refractivity contribution < 1.29 is 39.1 Å². The van der Waals surface area contributed by atoms with Gasteiger partial charge in [0.2, 0.25) is 0 Å². The number of epoxide rings is 1. The van der Waals surface area contributed by atoms with Crippen LogP contribution in [-0.2, 0) is 14.3 Å². The second kappa shape index (κ2) is 6.15. The van der Waals surface area contributed by atoms with Crippen molar-refractivity contribution in [1.82, 2.24) is 0 Å². The normalized spacial score (nSPS) is 61.8. The number of fused-ring (bicyclic) bond motifs is 1. The Morgan fingerprint density at radius 3 is 2.47 bits per heavy atom. The van der Waals surface area contributed by atoms with Gasteiger partial charge in [-0.2, -0.15) is 0 Å². The van der Waals surface area contributed by atoms with E-state index in [9.17, 15) is 25.2 Å². The molecule has 8 nitrogen and oxygen atoms in total. The van der Waals surface area contributed by atoms with Gasteiger partial charge < -0.3 is 34.3 Å². The summed E-state index contributed by atoms with van der Waals surface area (Å²) < 4.78 is 17.7. The Labute approximate surface area is 198 Å². The lowest BCUT2D eigenvalue weighted by molar-refractivity contribution is -0.371. The summed E-state index contributed by atoms with van der Waals surface area (Å²) in [7, 11) is 0. The minimum Gasteiger partial charge on any atom is -0.472 e. The molecule has 6 aliphatic rings. The highest BCUT2D eigenvalue weighted by Gasteiger charge is 2.89. The van der Waals surface area contributed by atoms with Crippen LogP contribution in [0.3, 0.4) is 0 Å². The quantitative estimate of drug-likeness (QED) is 0.449. The molecule has 3 heterocycles. The van der Waals surface area contributed by atoms with Gasteiger partial charge in [-0.05, 0) is 36.3 Å². The molecule has 4 aliphatic carbocycles. The minimum atomic E-state index is -1.23. The van der Waals surface area contributed by atoms with E-state index in [1.165, 1.54) is 0 Å². The summed E-state index contributed by atoms with van der Waals surface area (Å²) in [5.74, 6) is -1.10. The van der Waals surface area contributed by atoms with Crippen molar-refractivity contribution in [1.29, 1.82) is 0 Å². The highest BCUT2D eigenvalue weighted by Crippen LogP contribution is 2.82. The molecule has 0 amide bonds. The van der Waals surface area contributed by atoms with Gasteiger partial charge in [0.15, 0.2) is 6.29 Å². The molecule has 4 saturated carbocycles. The van der Waals surface area contributed by atoms with Crippen LogP contribution in [0.15, 0.2) is 23.0 Å². The fourth-order valence-electron chi connectivity index (χ4n) is 10.4. The zero-order chi connectivity index (χ0) is 24.1. The van der Waals surface area contributed by atoms with Crippen LogP contribution in [-0.4, -0.2) is 69.1 Å². The topological polar surface area (TPSA) is 133 Å². The van der Waals surface area contributed by atoms with Crippen molar-refractivity contribution in [3.63, 3.8) is 0 Å². The molecular weight excluding hydrogens is 440 g/mol. The minimum absolute atomic E-state index is 0.00167. The molecule has 1 unspecified atom stereocenters. The molecule has 2 saturated heterocycles. The number of rotatable bonds is 1. The summed E-state index contributed by atoms with van der Waals surface area (Å²) >= 11 is 0. The lowest BCUT2D eigenvalue weighted by Gasteiger charge is -2.72. The number of ether oxygens (including phenoxy) is 2. The Hall–Kier alpha value is -1.29. The van der Waals surface area contributed by atoms with E-state index in [0.717, 1.165) is 12.0 Å². The van der Waals surface area contributed by atoms with Gasteiger partial charge in [-0.25, -0.2) is 0 Å². The molecule has 13 atom stereocenters. The molecule has 8 heteroatoms. The van der Waals surface area contributed by atoms with E-state index in [2.05, 4.69) is 6.92 Å². The second-order valence-electron chi connectivity index (χ2n) is 12.7. The zero-order valence-electron chi connectivity index (χ0n) is 19.8. The highest BCUT2D eigenvalue weighted by molar-refractivity contribution is 5.87. The average Bonchev–Trinajstić information content (AvgIpc) is 3.15. The van der Waals surface area contributed by atoms with Gasteiger partial charge in [-0.15, -0.1) is 0 Å². The molecule has 186 valence electrons. The van der Waals surface area contributed by atoms with Crippen LogP contribution < -0.4 is 0 Å². The standard InChI is InChI=1S/C26H34O8/c1-22-9-14(27)20-24(3,26(22)19(34-26)6-13(22)12-4-5-32-10-12)17(29)7-15-23(2)16(28)8-18(30)25(15,20)11-33-21(23)31/h4-5,10,13,15-21,28-31H,6-9,11H2,1-3H3/t13-,15-,16+,17+,18-,19+,20?,21+,22-,23+,24+,25+,26+/m0/s1. The van der Waals surface area contributed by atoms with Gasteiger partial charge in [0.05, 0.1) is 43.5 Å². The Morgan fingerprint density at radius 2 is 1.76 bits per heavy atom. The second-order valence-corrected chi connectivity index (χ2v) is 12.7. The number of carbonyl (C=O) groups excluding carboxylic acids is 1. The van der Waals surface area contributed by atoms with Gasteiger partial charge in [-0.1, -0.05) is 20.8 Å². The Morgan fingerprint density at radius 1 is 1.00 bits per heavy atom. The molecule has 6 fully saturated rings. The molecule has 4 N–H and O–H groups in total. The van der Waals surface area contributed by atoms with E-state index in [0.29, 0.717) is 0 Å². The largest absolute Gasteiger partial charge is 0.472 e. The number of aliphatic hydroxyl groups excluding tert-OH is 4. The number of ketones is 1. The van der Waals surface area contributed by atoms with Gasteiger partial charge in [-0.3, -0.25) is 4.79 Å². The molecule has 34 heavy (non-hydrogen) atoms. The van der Waals surface area contributed by atoms with E-state index < -0.39 is 63.7 Å². The van der Waals surface area contributed by atoms with Crippen molar-refractivity contribution in [2.45, 2.75) is 88.7 Å². The molecule has 1 aromatic heterocycles. The van der Waals surface area contributed by atoms with Gasteiger partial charge in [0, 0.05) is 40.4 Å². The van der Waals surface area contributed by atoms with Gasteiger partial charge >= 0.3 is 0 Å². The van der Waals surface area contributed by atoms with Crippen LogP contribution in [0.1, 0.15) is 57.9 Å². The summed E-state index contributed by atoms with van der Waals surface area (Å²) in [6.07, 6.45) is 0.544. The predicted molar refractivity (Wildman–Crippen MR) is 116 cm³/mol. The number of hydrogen-bond donors (Lipinski definition) is 4. The first-order valence-corrected chi connectivity index (χ1v) is 12.6. The molecular formula is C26H34O8. The Balaban J connectivity index is 1.42. The van der Waals surface area contributed by atoms with Crippen molar-refractivity contribution in [3.8, 4) is 0 Å². The van der Waals surface area contributed by atoms with Crippen LogP contribution >= 0.6 is 0 Å². The van der Waals surface area contributed by atoms with Crippen molar-refractivity contribution in [3.05, 3.63) is 24.2 Å². The average molecular weight is 475 g/mol. The van der Waals surface area contributed by atoms with Crippen LogP contribution in [0.2, 0.25) is 0 Å². The van der Waals surface area contributed by atoms with E-state index >= 15 is 0 Å². The molecule has 7 rings (SSSR count). The number of hydrogen-bond acceptors (Lipinski definition) is 8. The number of carbonyl (C=O) groups is 1. The third kappa shape index (κ3) is 1.96. The summed E-state index contributed by atoms with van der Waals surface area (Å²) in [5, 5.41) is 45.2. The fraction of sp³-hybridized carbons (Fsp3) is 0.808. The summed E-state index contributed by atoms with van der Waals surface area (Å²) in [6, 6.07) is 1.95. The van der Waals surface area contributed by atoms with Crippen molar-refractivity contribution >= 4 is 5.78 Å². The van der Waals surface area contributed by atoms with E-state index in [1.807, 2.05) is 13.0 Å². The van der Waals surface area contributed by atoms with Crippen LogP contribution in [0.25, 0.3) is 0 Å².